The Kier molecular flexibility index (Phi) is 7.17. The number of aliphatic hydroxyl groups is 1. The van der Waals surface area contributed by atoms with E-state index in [1.807, 2.05) is 60.7 Å². The van der Waals surface area contributed by atoms with Gasteiger partial charge in [0, 0.05) is 13.5 Å². The number of aliphatic hydroxyl groups excluding tert-OH is 1. The molecule has 1 unspecified atom stereocenters. The van der Waals surface area contributed by atoms with Crippen molar-refractivity contribution >= 4 is 0 Å². The van der Waals surface area contributed by atoms with Crippen molar-refractivity contribution in [2.24, 2.45) is 0 Å². The summed E-state index contributed by atoms with van der Waals surface area (Å²) in [5.41, 5.74) is 2.16. The molecule has 0 radical (unpaired) electrons. The predicted molar refractivity (Wildman–Crippen MR) is 97.4 cm³/mol. The number of hydrogen-bond acceptors (Lipinski definition) is 5. The smallest absolute Gasteiger partial charge is 0.160 e. The zero-order valence-electron chi connectivity index (χ0n) is 15.0. The largest absolute Gasteiger partial charge is 0.394 e. The first-order valence-corrected chi connectivity index (χ1v) is 8.90. The molecular formula is C21H26O5. The van der Waals surface area contributed by atoms with Gasteiger partial charge in [-0.2, -0.15) is 0 Å². The molecule has 1 N–H and O–H groups in total. The molecule has 1 aliphatic heterocycles. The highest BCUT2D eigenvalue weighted by Crippen LogP contribution is 2.27. The van der Waals surface area contributed by atoms with Gasteiger partial charge in [-0.15, -0.1) is 0 Å². The van der Waals surface area contributed by atoms with Crippen LogP contribution >= 0.6 is 0 Å². The van der Waals surface area contributed by atoms with Gasteiger partial charge in [-0.3, -0.25) is 0 Å². The summed E-state index contributed by atoms with van der Waals surface area (Å²) >= 11 is 0. The second-order valence-electron chi connectivity index (χ2n) is 6.35. The fourth-order valence-electron chi connectivity index (χ4n) is 3.11. The van der Waals surface area contributed by atoms with Gasteiger partial charge in [0.15, 0.2) is 6.29 Å². The summed E-state index contributed by atoms with van der Waals surface area (Å²) in [6.07, 6.45) is -0.938. The number of benzene rings is 2. The van der Waals surface area contributed by atoms with Crippen LogP contribution in [0.15, 0.2) is 60.7 Å². The molecule has 4 atom stereocenters. The Balaban J connectivity index is 1.67. The Bertz CT molecular complexity index is 633. The van der Waals surface area contributed by atoms with Crippen molar-refractivity contribution < 1.29 is 24.1 Å². The van der Waals surface area contributed by atoms with Crippen LogP contribution in [0.25, 0.3) is 0 Å². The summed E-state index contributed by atoms with van der Waals surface area (Å²) in [4.78, 5) is 0. The topological polar surface area (TPSA) is 57.2 Å². The molecular weight excluding hydrogens is 332 g/mol. The minimum absolute atomic E-state index is 0.148. The monoisotopic (exact) mass is 358 g/mol. The van der Waals surface area contributed by atoms with E-state index in [9.17, 15) is 5.11 Å². The average Bonchev–Trinajstić information content (AvgIpc) is 2.72. The van der Waals surface area contributed by atoms with E-state index >= 15 is 0 Å². The predicted octanol–water partition coefficient (Wildman–Crippen LogP) is 2.91. The molecule has 1 fully saturated rings. The van der Waals surface area contributed by atoms with Gasteiger partial charge in [-0.1, -0.05) is 60.7 Å². The molecule has 1 saturated heterocycles. The molecule has 0 amide bonds. The molecule has 1 heterocycles. The second kappa shape index (κ2) is 9.80. The van der Waals surface area contributed by atoms with E-state index in [0.29, 0.717) is 19.6 Å². The van der Waals surface area contributed by atoms with Gasteiger partial charge < -0.3 is 24.1 Å². The normalized spacial score (nSPS) is 25.9. The third kappa shape index (κ3) is 5.13. The first kappa shape index (κ1) is 19.0. The number of rotatable bonds is 8. The van der Waals surface area contributed by atoms with Crippen LogP contribution in [-0.2, 0) is 32.2 Å². The highest BCUT2D eigenvalue weighted by atomic mass is 16.7. The maximum Gasteiger partial charge on any atom is 0.160 e. The third-order valence-corrected chi connectivity index (χ3v) is 4.52. The van der Waals surface area contributed by atoms with Crippen molar-refractivity contribution in [2.75, 3.05) is 13.7 Å². The van der Waals surface area contributed by atoms with Gasteiger partial charge in [0.05, 0.1) is 25.9 Å². The maximum atomic E-state index is 9.76. The Labute approximate surface area is 154 Å². The Morgan fingerprint density at radius 3 is 2.04 bits per heavy atom. The number of ether oxygens (including phenoxy) is 4. The maximum absolute atomic E-state index is 9.76. The van der Waals surface area contributed by atoms with Crippen LogP contribution in [0.1, 0.15) is 17.5 Å². The van der Waals surface area contributed by atoms with Crippen LogP contribution in [-0.4, -0.2) is 43.4 Å². The lowest BCUT2D eigenvalue weighted by Crippen LogP contribution is -2.52. The molecule has 26 heavy (non-hydrogen) atoms. The Morgan fingerprint density at radius 2 is 1.50 bits per heavy atom. The standard InChI is InChI=1S/C21H26O5/c1-23-20-12-18(24-14-16-8-4-2-5-9-16)21(19(13-22)26-20)25-15-17-10-6-3-7-11-17/h2-11,18-22H,12-15H2,1H3/t18-,19-,20?,21-/m1/s1. The molecule has 2 aromatic carbocycles. The minimum atomic E-state index is -0.488. The van der Waals surface area contributed by atoms with E-state index in [-0.39, 0.29) is 18.8 Å². The summed E-state index contributed by atoms with van der Waals surface area (Å²) in [7, 11) is 1.60. The molecule has 0 spiro atoms. The van der Waals surface area contributed by atoms with E-state index in [0.717, 1.165) is 11.1 Å². The third-order valence-electron chi connectivity index (χ3n) is 4.52. The lowest BCUT2D eigenvalue weighted by molar-refractivity contribution is -0.269. The van der Waals surface area contributed by atoms with Crippen molar-refractivity contribution in [3.05, 3.63) is 71.8 Å². The molecule has 0 saturated carbocycles. The number of methoxy groups -OCH3 is 1. The average molecular weight is 358 g/mol. The molecule has 5 heteroatoms. The highest BCUT2D eigenvalue weighted by Gasteiger charge is 2.40. The van der Waals surface area contributed by atoms with Gasteiger partial charge in [0.25, 0.3) is 0 Å². The first-order chi connectivity index (χ1) is 12.8. The summed E-state index contributed by atoms with van der Waals surface area (Å²) in [5.74, 6) is 0. The van der Waals surface area contributed by atoms with E-state index < -0.39 is 12.4 Å². The summed E-state index contributed by atoms with van der Waals surface area (Å²) in [6, 6.07) is 19.9. The van der Waals surface area contributed by atoms with Crippen molar-refractivity contribution in [2.45, 2.75) is 44.2 Å². The van der Waals surface area contributed by atoms with Crippen LogP contribution in [0.2, 0.25) is 0 Å². The number of hydrogen-bond donors (Lipinski definition) is 1. The fourth-order valence-corrected chi connectivity index (χ4v) is 3.11. The summed E-state index contributed by atoms with van der Waals surface area (Å²) in [5, 5.41) is 9.76. The first-order valence-electron chi connectivity index (χ1n) is 8.90. The Hall–Kier alpha value is -1.76. The van der Waals surface area contributed by atoms with E-state index in [1.54, 1.807) is 7.11 Å². The lowest BCUT2D eigenvalue weighted by atomic mass is 10.0. The second-order valence-corrected chi connectivity index (χ2v) is 6.35. The molecule has 5 nitrogen and oxygen atoms in total. The molecule has 0 aliphatic carbocycles. The van der Waals surface area contributed by atoms with Crippen LogP contribution in [0, 0.1) is 0 Å². The molecule has 1 aliphatic rings. The van der Waals surface area contributed by atoms with Crippen LogP contribution in [0.3, 0.4) is 0 Å². The molecule has 3 rings (SSSR count). The zero-order chi connectivity index (χ0) is 18.2. The molecule has 0 bridgehead atoms. The van der Waals surface area contributed by atoms with Gasteiger partial charge in [-0.05, 0) is 11.1 Å². The molecule has 2 aromatic rings. The minimum Gasteiger partial charge on any atom is -0.394 e. The van der Waals surface area contributed by atoms with Gasteiger partial charge in [-0.25, -0.2) is 0 Å². The van der Waals surface area contributed by atoms with Gasteiger partial charge >= 0.3 is 0 Å². The molecule has 140 valence electrons. The van der Waals surface area contributed by atoms with E-state index in [2.05, 4.69) is 0 Å². The highest BCUT2D eigenvalue weighted by molar-refractivity contribution is 5.14. The van der Waals surface area contributed by atoms with Crippen molar-refractivity contribution in [3.63, 3.8) is 0 Å². The quantitative estimate of drug-likeness (QED) is 0.786. The fraction of sp³-hybridized carbons (Fsp3) is 0.429. The van der Waals surface area contributed by atoms with Crippen molar-refractivity contribution in [1.29, 1.82) is 0 Å². The summed E-state index contributed by atoms with van der Waals surface area (Å²) in [6.45, 7) is 0.768. The van der Waals surface area contributed by atoms with Crippen LogP contribution < -0.4 is 0 Å². The van der Waals surface area contributed by atoms with Gasteiger partial charge in [0.2, 0.25) is 0 Å². The summed E-state index contributed by atoms with van der Waals surface area (Å²) < 4.78 is 23.4. The van der Waals surface area contributed by atoms with Crippen molar-refractivity contribution in [1.82, 2.24) is 0 Å². The molecule has 0 aromatic heterocycles. The van der Waals surface area contributed by atoms with E-state index in [4.69, 9.17) is 18.9 Å². The van der Waals surface area contributed by atoms with Crippen LogP contribution in [0.5, 0.6) is 0 Å². The van der Waals surface area contributed by atoms with Crippen LogP contribution in [0.4, 0.5) is 0 Å². The van der Waals surface area contributed by atoms with E-state index in [1.165, 1.54) is 0 Å². The Morgan fingerprint density at radius 1 is 0.923 bits per heavy atom. The zero-order valence-corrected chi connectivity index (χ0v) is 15.0. The lowest BCUT2D eigenvalue weighted by Gasteiger charge is -2.40. The van der Waals surface area contributed by atoms with Gasteiger partial charge in [0.1, 0.15) is 12.2 Å². The SMILES string of the molecule is COC1C[C@@H](OCc2ccccc2)[C@@H](OCc2ccccc2)[C@@H](CO)O1. The van der Waals surface area contributed by atoms with Crippen molar-refractivity contribution in [3.8, 4) is 0 Å².